The normalized spacial score (nSPS) is 11.5. The van der Waals surface area contributed by atoms with Gasteiger partial charge in [-0.05, 0) is 29.8 Å². The number of halogens is 3. The van der Waals surface area contributed by atoms with Gasteiger partial charge in [-0.25, -0.2) is 4.68 Å². The van der Waals surface area contributed by atoms with Gasteiger partial charge in [0.05, 0.1) is 19.8 Å². The summed E-state index contributed by atoms with van der Waals surface area (Å²) in [6, 6.07) is 10.3. The fourth-order valence-electron chi connectivity index (χ4n) is 2.53. The lowest BCUT2D eigenvalue weighted by Gasteiger charge is -2.10. The molecule has 0 aliphatic heterocycles. The summed E-state index contributed by atoms with van der Waals surface area (Å²) in [7, 11) is 3.05. The van der Waals surface area contributed by atoms with Gasteiger partial charge in [0.25, 0.3) is 0 Å². The maximum absolute atomic E-state index is 12.8. The number of thioether (sulfide) groups is 1. The molecule has 1 aromatic heterocycles. The van der Waals surface area contributed by atoms with Crippen molar-refractivity contribution in [3.63, 3.8) is 0 Å². The van der Waals surface area contributed by atoms with Crippen molar-refractivity contribution in [2.75, 3.05) is 20.1 Å². The largest absolute Gasteiger partial charge is 0.493 e. The Morgan fingerprint density at radius 1 is 1.04 bits per heavy atom. The Bertz CT molecular complexity index is 976. The SMILES string of the molecule is COc1ccc(-c2nnc(SCc3cccc(C(F)(F)F)c3)n2N)cc1OC. The predicted octanol–water partition coefficient (Wildman–Crippen LogP) is 3.99. The summed E-state index contributed by atoms with van der Waals surface area (Å²) in [6.45, 7) is 0. The van der Waals surface area contributed by atoms with Crippen LogP contribution in [0.4, 0.5) is 13.2 Å². The van der Waals surface area contributed by atoms with E-state index in [1.165, 1.54) is 36.7 Å². The molecular formula is C18H17F3N4O2S. The molecule has 0 fully saturated rings. The molecule has 0 spiro atoms. The number of aromatic nitrogens is 3. The zero-order valence-corrected chi connectivity index (χ0v) is 15.8. The third-order valence-corrected chi connectivity index (χ3v) is 4.94. The second-order valence-corrected chi connectivity index (χ2v) is 6.68. The van der Waals surface area contributed by atoms with Gasteiger partial charge in [0.1, 0.15) is 0 Å². The van der Waals surface area contributed by atoms with Crippen molar-refractivity contribution in [3.05, 3.63) is 53.6 Å². The molecule has 28 heavy (non-hydrogen) atoms. The topological polar surface area (TPSA) is 75.2 Å². The molecule has 0 saturated carbocycles. The van der Waals surface area contributed by atoms with E-state index in [0.29, 0.717) is 33.6 Å². The number of hydrogen-bond acceptors (Lipinski definition) is 6. The molecule has 3 aromatic rings. The average Bonchev–Trinajstić information content (AvgIpc) is 3.05. The quantitative estimate of drug-likeness (QED) is 0.489. The maximum atomic E-state index is 12.8. The van der Waals surface area contributed by atoms with E-state index in [-0.39, 0.29) is 5.75 Å². The van der Waals surface area contributed by atoms with Crippen LogP contribution in [0, 0.1) is 0 Å². The summed E-state index contributed by atoms with van der Waals surface area (Å²) in [5.74, 6) is 7.82. The molecule has 0 radical (unpaired) electrons. The lowest BCUT2D eigenvalue weighted by molar-refractivity contribution is -0.137. The second-order valence-electron chi connectivity index (χ2n) is 5.73. The van der Waals surface area contributed by atoms with Gasteiger partial charge in [0, 0.05) is 11.3 Å². The van der Waals surface area contributed by atoms with Crippen molar-refractivity contribution in [2.24, 2.45) is 0 Å². The number of nitrogens with zero attached hydrogens (tertiary/aromatic N) is 3. The minimum absolute atomic E-state index is 0.269. The van der Waals surface area contributed by atoms with E-state index in [1.807, 2.05) is 0 Å². The van der Waals surface area contributed by atoms with Gasteiger partial charge in [-0.1, -0.05) is 30.0 Å². The lowest BCUT2D eigenvalue weighted by atomic mass is 10.1. The molecule has 0 saturated heterocycles. The van der Waals surface area contributed by atoms with Crippen molar-refractivity contribution in [2.45, 2.75) is 17.1 Å². The van der Waals surface area contributed by atoms with E-state index in [1.54, 1.807) is 24.3 Å². The standard InChI is InChI=1S/C18H17F3N4O2S/c1-26-14-7-6-12(9-15(14)27-2)16-23-24-17(25(16)22)28-10-11-4-3-5-13(8-11)18(19,20)21/h3-9H,10,22H2,1-2H3. The van der Waals surface area contributed by atoms with Crippen LogP contribution in [-0.4, -0.2) is 29.1 Å². The zero-order valence-electron chi connectivity index (χ0n) is 15.0. The summed E-state index contributed by atoms with van der Waals surface area (Å²) >= 11 is 1.19. The summed E-state index contributed by atoms with van der Waals surface area (Å²) in [6.07, 6.45) is -4.38. The van der Waals surface area contributed by atoms with Crippen molar-refractivity contribution in [1.82, 2.24) is 14.9 Å². The second kappa shape index (κ2) is 8.01. The number of rotatable bonds is 6. The van der Waals surface area contributed by atoms with Crippen LogP contribution < -0.4 is 15.3 Å². The van der Waals surface area contributed by atoms with E-state index < -0.39 is 11.7 Å². The number of ether oxygens (including phenoxy) is 2. The first kappa shape index (κ1) is 19.9. The van der Waals surface area contributed by atoms with Crippen molar-refractivity contribution < 1.29 is 22.6 Å². The van der Waals surface area contributed by atoms with E-state index in [4.69, 9.17) is 15.3 Å². The van der Waals surface area contributed by atoms with Gasteiger partial charge in [-0.15, -0.1) is 10.2 Å². The first-order chi connectivity index (χ1) is 13.3. The highest BCUT2D eigenvalue weighted by Crippen LogP contribution is 2.33. The lowest BCUT2D eigenvalue weighted by Crippen LogP contribution is -2.11. The van der Waals surface area contributed by atoms with Crippen LogP contribution in [0.3, 0.4) is 0 Å². The van der Waals surface area contributed by atoms with E-state index in [0.717, 1.165) is 12.1 Å². The highest BCUT2D eigenvalue weighted by atomic mass is 32.2. The smallest absolute Gasteiger partial charge is 0.416 e. The first-order valence-electron chi connectivity index (χ1n) is 8.05. The molecule has 0 aliphatic rings. The molecule has 2 N–H and O–H groups in total. The molecule has 0 bridgehead atoms. The molecule has 1 heterocycles. The van der Waals surface area contributed by atoms with Crippen LogP contribution in [0.1, 0.15) is 11.1 Å². The Hall–Kier alpha value is -2.88. The maximum Gasteiger partial charge on any atom is 0.416 e. The molecule has 6 nitrogen and oxygen atoms in total. The molecule has 2 aromatic carbocycles. The van der Waals surface area contributed by atoms with Gasteiger partial charge >= 0.3 is 6.18 Å². The van der Waals surface area contributed by atoms with Crippen LogP contribution in [0.5, 0.6) is 11.5 Å². The summed E-state index contributed by atoms with van der Waals surface area (Å²) < 4.78 is 50.2. The number of benzene rings is 2. The number of hydrogen-bond donors (Lipinski definition) is 1. The fraction of sp³-hybridized carbons (Fsp3) is 0.222. The van der Waals surface area contributed by atoms with Crippen LogP contribution in [0.2, 0.25) is 0 Å². The molecule has 0 amide bonds. The van der Waals surface area contributed by atoms with Gasteiger partial charge in [0.15, 0.2) is 17.3 Å². The van der Waals surface area contributed by atoms with E-state index in [9.17, 15) is 13.2 Å². The zero-order chi connectivity index (χ0) is 20.3. The monoisotopic (exact) mass is 410 g/mol. The average molecular weight is 410 g/mol. The Morgan fingerprint density at radius 2 is 1.79 bits per heavy atom. The summed E-state index contributed by atoms with van der Waals surface area (Å²) in [4.78, 5) is 0. The minimum atomic E-state index is -4.38. The molecule has 0 aliphatic carbocycles. The van der Waals surface area contributed by atoms with Crippen molar-refractivity contribution in [3.8, 4) is 22.9 Å². The Morgan fingerprint density at radius 3 is 2.46 bits per heavy atom. The van der Waals surface area contributed by atoms with E-state index >= 15 is 0 Å². The highest BCUT2D eigenvalue weighted by Gasteiger charge is 2.30. The number of nitrogens with two attached hydrogens (primary N) is 1. The third-order valence-electron chi connectivity index (χ3n) is 3.93. The van der Waals surface area contributed by atoms with Crippen LogP contribution in [0.15, 0.2) is 47.6 Å². The van der Waals surface area contributed by atoms with Crippen LogP contribution in [0.25, 0.3) is 11.4 Å². The highest BCUT2D eigenvalue weighted by molar-refractivity contribution is 7.98. The van der Waals surface area contributed by atoms with Gasteiger partial charge in [-0.2, -0.15) is 13.2 Å². The Labute approximate surface area is 163 Å². The number of nitrogen functional groups attached to an aromatic ring is 1. The van der Waals surface area contributed by atoms with Crippen LogP contribution in [-0.2, 0) is 11.9 Å². The predicted molar refractivity (Wildman–Crippen MR) is 99.7 cm³/mol. The van der Waals surface area contributed by atoms with Crippen molar-refractivity contribution >= 4 is 11.8 Å². The van der Waals surface area contributed by atoms with Crippen LogP contribution >= 0.6 is 11.8 Å². The molecule has 0 atom stereocenters. The Kier molecular flexibility index (Phi) is 5.68. The first-order valence-corrected chi connectivity index (χ1v) is 9.04. The summed E-state index contributed by atoms with van der Waals surface area (Å²) in [5, 5.41) is 8.49. The summed E-state index contributed by atoms with van der Waals surface area (Å²) in [5.41, 5.74) is 0.486. The molecule has 10 heteroatoms. The molecular weight excluding hydrogens is 393 g/mol. The van der Waals surface area contributed by atoms with Gasteiger partial charge < -0.3 is 15.3 Å². The van der Waals surface area contributed by atoms with E-state index in [2.05, 4.69) is 10.2 Å². The number of methoxy groups -OCH3 is 2. The van der Waals surface area contributed by atoms with Gasteiger partial charge in [0.2, 0.25) is 5.16 Å². The number of alkyl halides is 3. The molecule has 3 rings (SSSR count). The fourth-order valence-corrected chi connectivity index (χ4v) is 3.33. The molecule has 0 unspecified atom stereocenters. The minimum Gasteiger partial charge on any atom is -0.493 e. The van der Waals surface area contributed by atoms with Gasteiger partial charge in [-0.3, -0.25) is 0 Å². The molecule has 148 valence electrons. The Balaban J connectivity index is 1.79. The van der Waals surface area contributed by atoms with Crippen molar-refractivity contribution in [1.29, 1.82) is 0 Å². The third kappa shape index (κ3) is 4.16.